The van der Waals surface area contributed by atoms with Crippen LogP contribution in [0.5, 0.6) is 0 Å². The minimum absolute atomic E-state index is 0.00179. The average Bonchev–Trinajstić information content (AvgIpc) is 2.32. The van der Waals surface area contributed by atoms with Gasteiger partial charge in [-0.25, -0.2) is 8.78 Å². The first-order valence-corrected chi connectivity index (χ1v) is 6.42. The zero-order chi connectivity index (χ0) is 14.2. The first-order chi connectivity index (χ1) is 8.79. The van der Waals surface area contributed by atoms with E-state index in [-0.39, 0.29) is 16.3 Å². The molecule has 0 spiro atoms. The van der Waals surface area contributed by atoms with Gasteiger partial charge in [-0.05, 0) is 40.8 Å². The molecular formula is C16H15ClF2. The molecule has 0 nitrogen and oxygen atoms in total. The summed E-state index contributed by atoms with van der Waals surface area (Å²) in [6, 6.07) is 9.23. The van der Waals surface area contributed by atoms with Gasteiger partial charge in [-0.15, -0.1) is 0 Å². The van der Waals surface area contributed by atoms with E-state index in [9.17, 15) is 8.78 Å². The van der Waals surface area contributed by atoms with Crippen LogP contribution in [-0.2, 0) is 5.41 Å². The third-order valence-corrected chi connectivity index (χ3v) is 3.35. The molecule has 3 heteroatoms. The van der Waals surface area contributed by atoms with E-state index in [1.807, 2.05) is 0 Å². The normalized spacial score (nSPS) is 11.7. The van der Waals surface area contributed by atoms with Crippen LogP contribution in [0.2, 0.25) is 5.02 Å². The summed E-state index contributed by atoms with van der Waals surface area (Å²) in [6.45, 7) is 6.17. The quantitative estimate of drug-likeness (QED) is 0.639. The zero-order valence-corrected chi connectivity index (χ0v) is 11.9. The lowest BCUT2D eigenvalue weighted by molar-refractivity contribution is 0.584. The summed E-state index contributed by atoms with van der Waals surface area (Å²) in [4.78, 5) is 0. The van der Waals surface area contributed by atoms with Crippen molar-refractivity contribution >= 4 is 11.6 Å². The maximum absolute atomic E-state index is 13.9. The molecule has 2 rings (SSSR count). The van der Waals surface area contributed by atoms with Crippen molar-refractivity contribution in [1.29, 1.82) is 0 Å². The second-order valence-corrected chi connectivity index (χ2v) is 5.98. The summed E-state index contributed by atoms with van der Waals surface area (Å²) < 4.78 is 27.1. The van der Waals surface area contributed by atoms with E-state index in [4.69, 9.17) is 11.6 Å². The third kappa shape index (κ3) is 2.95. The summed E-state index contributed by atoms with van der Waals surface area (Å²) >= 11 is 5.75. The summed E-state index contributed by atoms with van der Waals surface area (Å²) in [6.07, 6.45) is 0. The lowest BCUT2D eigenvalue weighted by atomic mass is 9.85. The molecular weight excluding hydrogens is 266 g/mol. The largest absolute Gasteiger partial charge is 0.206 e. The Morgan fingerprint density at radius 1 is 0.895 bits per heavy atom. The van der Waals surface area contributed by atoms with Crippen LogP contribution >= 0.6 is 11.6 Å². The standard InChI is InChI=1S/C16H15ClF2/c1-16(2,3)11-5-7-14(18)12(9-11)10-4-6-15(19)13(17)8-10/h4-9H,1-3H3. The number of rotatable bonds is 1. The predicted octanol–water partition coefficient (Wildman–Crippen LogP) is 5.58. The molecule has 0 amide bonds. The van der Waals surface area contributed by atoms with Crippen LogP contribution in [0, 0.1) is 11.6 Å². The Hall–Kier alpha value is -1.41. The Balaban J connectivity index is 2.58. The molecule has 0 N–H and O–H groups in total. The van der Waals surface area contributed by atoms with Crippen molar-refractivity contribution < 1.29 is 8.78 Å². The molecule has 2 aromatic rings. The first-order valence-electron chi connectivity index (χ1n) is 6.04. The molecule has 0 bridgehead atoms. The fourth-order valence-corrected chi connectivity index (χ4v) is 2.06. The summed E-state index contributed by atoms with van der Waals surface area (Å²) in [7, 11) is 0. The monoisotopic (exact) mass is 280 g/mol. The second-order valence-electron chi connectivity index (χ2n) is 5.57. The molecule has 0 radical (unpaired) electrons. The van der Waals surface area contributed by atoms with Crippen LogP contribution < -0.4 is 0 Å². The average molecular weight is 281 g/mol. The molecule has 100 valence electrons. The summed E-state index contributed by atoms with van der Waals surface area (Å²) in [5.74, 6) is -0.839. The topological polar surface area (TPSA) is 0 Å². The Morgan fingerprint density at radius 3 is 2.11 bits per heavy atom. The molecule has 2 aromatic carbocycles. The zero-order valence-electron chi connectivity index (χ0n) is 11.1. The Morgan fingerprint density at radius 2 is 1.53 bits per heavy atom. The Bertz CT molecular complexity index is 613. The van der Waals surface area contributed by atoms with Crippen molar-refractivity contribution in [2.75, 3.05) is 0 Å². The van der Waals surface area contributed by atoms with Crippen molar-refractivity contribution in [1.82, 2.24) is 0 Å². The van der Waals surface area contributed by atoms with Gasteiger partial charge in [0.1, 0.15) is 11.6 Å². The summed E-state index contributed by atoms with van der Waals surface area (Å²) in [5.41, 5.74) is 1.96. The van der Waals surface area contributed by atoms with Gasteiger partial charge in [0.25, 0.3) is 0 Å². The highest BCUT2D eigenvalue weighted by Crippen LogP contribution is 2.31. The first kappa shape index (κ1) is 14.0. The van der Waals surface area contributed by atoms with Gasteiger partial charge in [0.15, 0.2) is 0 Å². The van der Waals surface area contributed by atoms with Crippen LogP contribution in [0.15, 0.2) is 36.4 Å². The molecule has 0 aliphatic heterocycles. The van der Waals surface area contributed by atoms with Gasteiger partial charge in [0, 0.05) is 5.56 Å². The molecule has 0 fully saturated rings. The fourth-order valence-electron chi connectivity index (χ4n) is 1.88. The number of halogens is 3. The Labute approximate surface area is 117 Å². The van der Waals surface area contributed by atoms with Gasteiger partial charge in [0.05, 0.1) is 5.02 Å². The molecule has 0 aliphatic rings. The van der Waals surface area contributed by atoms with Gasteiger partial charge in [-0.3, -0.25) is 0 Å². The van der Waals surface area contributed by atoms with Crippen LogP contribution in [0.25, 0.3) is 11.1 Å². The molecule has 0 saturated carbocycles. The van der Waals surface area contributed by atoms with Crippen molar-refractivity contribution in [2.45, 2.75) is 26.2 Å². The van der Waals surface area contributed by atoms with Crippen LogP contribution in [0.3, 0.4) is 0 Å². The number of hydrogen-bond donors (Lipinski definition) is 0. The maximum Gasteiger partial charge on any atom is 0.141 e. The van der Waals surface area contributed by atoms with Crippen LogP contribution in [0.1, 0.15) is 26.3 Å². The minimum atomic E-state index is -0.502. The fraction of sp³-hybridized carbons (Fsp3) is 0.250. The number of benzene rings is 2. The van der Waals surface area contributed by atoms with E-state index < -0.39 is 5.82 Å². The van der Waals surface area contributed by atoms with Gasteiger partial charge in [-0.1, -0.05) is 44.5 Å². The Kier molecular flexibility index (Phi) is 3.64. The van der Waals surface area contributed by atoms with E-state index in [0.29, 0.717) is 11.1 Å². The molecule has 0 atom stereocenters. The van der Waals surface area contributed by atoms with E-state index >= 15 is 0 Å². The van der Waals surface area contributed by atoms with Crippen molar-refractivity contribution in [3.63, 3.8) is 0 Å². The maximum atomic E-state index is 13.9. The number of hydrogen-bond acceptors (Lipinski definition) is 0. The molecule has 0 unspecified atom stereocenters. The van der Waals surface area contributed by atoms with E-state index in [2.05, 4.69) is 20.8 Å². The highest BCUT2D eigenvalue weighted by atomic mass is 35.5. The van der Waals surface area contributed by atoms with Crippen LogP contribution in [-0.4, -0.2) is 0 Å². The predicted molar refractivity (Wildman–Crippen MR) is 75.5 cm³/mol. The van der Waals surface area contributed by atoms with Crippen molar-refractivity contribution in [2.24, 2.45) is 0 Å². The molecule has 0 aromatic heterocycles. The van der Waals surface area contributed by atoms with Crippen molar-refractivity contribution in [3.8, 4) is 11.1 Å². The van der Waals surface area contributed by atoms with E-state index in [1.54, 1.807) is 12.1 Å². The minimum Gasteiger partial charge on any atom is -0.206 e. The van der Waals surface area contributed by atoms with Gasteiger partial charge in [0.2, 0.25) is 0 Å². The molecule has 0 saturated heterocycles. The third-order valence-electron chi connectivity index (χ3n) is 3.06. The lowest BCUT2D eigenvalue weighted by Gasteiger charge is -2.20. The highest BCUT2D eigenvalue weighted by Gasteiger charge is 2.16. The van der Waals surface area contributed by atoms with Crippen molar-refractivity contribution in [3.05, 3.63) is 58.6 Å². The SMILES string of the molecule is CC(C)(C)c1ccc(F)c(-c2ccc(F)c(Cl)c2)c1. The smallest absolute Gasteiger partial charge is 0.141 e. The van der Waals surface area contributed by atoms with Gasteiger partial charge < -0.3 is 0 Å². The second kappa shape index (κ2) is 4.93. The molecule has 0 heterocycles. The molecule has 19 heavy (non-hydrogen) atoms. The van der Waals surface area contributed by atoms with Crippen LogP contribution in [0.4, 0.5) is 8.78 Å². The van der Waals surface area contributed by atoms with Gasteiger partial charge >= 0.3 is 0 Å². The summed E-state index contributed by atoms with van der Waals surface area (Å²) in [5, 5.41) is -0.00179. The molecule has 0 aliphatic carbocycles. The van der Waals surface area contributed by atoms with E-state index in [0.717, 1.165) is 5.56 Å². The lowest BCUT2D eigenvalue weighted by Crippen LogP contribution is -2.11. The van der Waals surface area contributed by atoms with E-state index in [1.165, 1.54) is 24.3 Å². The van der Waals surface area contributed by atoms with Gasteiger partial charge in [-0.2, -0.15) is 0 Å². The highest BCUT2D eigenvalue weighted by molar-refractivity contribution is 6.31.